The van der Waals surface area contributed by atoms with Crippen molar-refractivity contribution in [1.82, 2.24) is 0 Å². The van der Waals surface area contributed by atoms with Gasteiger partial charge >= 0.3 is 5.97 Å². The monoisotopic (exact) mass is 226 g/mol. The number of ether oxygens (including phenoxy) is 2. The molecule has 1 atom stereocenters. The molecular weight excluding hydrogens is 212 g/mol. The summed E-state index contributed by atoms with van der Waals surface area (Å²) in [7, 11) is 0. The summed E-state index contributed by atoms with van der Waals surface area (Å²) in [5, 5.41) is 8.35. The minimum atomic E-state index is -0.666. The molecule has 0 fully saturated rings. The van der Waals surface area contributed by atoms with Gasteiger partial charge in [-0.05, 0) is 38.1 Å². The zero-order valence-corrected chi connectivity index (χ0v) is 9.17. The molecule has 0 saturated carbocycles. The fraction of sp³-hybridized carbons (Fsp3) is 0.364. The molecule has 1 rings (SSSR count). The van der Waals surface area contributed by atoms with E-state index in [0.717, 1.165) is 0 Å². The van der Waals surface area contributed by atoms with E-state index < -0.39 is 12.1 Å². The van der Waals surface area contributed by atoms with Crippen molar-refractivity contribution in [3.8, 4) is 11.5 Å². The molecule has 88 valence electrons. The van der Waals surface area contributed by atoms with Crippen LogP contribution in [0.5, 0.6) is 11.5 Å². The van der Waals surface area contributed by atoms with Crippen LogP contribution >= 0.6 is 0 Å². The van der Waals surface area contributed by atoms with E-state index in [0.29, 0.717) is 18.1 Å². The summed E-state index contributed by atoms with van der Waals surface area (Å²) >= 11 is 0. The molecule has 5 heteroatoms. The van der Waals surface area contributed by atoms with Gasteiger partial charge in [-0.1, -0.05) is 0 Å². The summed E-state index contributed by atoms with van der Waals surface area (Å²) in [6, 6.07) is 6.21. The van der Waals surface area contributed by atoms with Crippen LogP contribution < -0.4 is 9.62 Å². The van der Waals surface area contributed by atoms with Crippen LogP contribution in [0.15, 0.2) is 24.3 Å². The highest BCUT2D eigenvalue weighted by Gasteiger charge is 2.15. The lowest BCUT2D eigenvalue weighted by Gasteiger charge is -2.13. The van der Waals surface area contributed by atoms with E-state index in [2.05, 4.69) is 4.89 Å². The maximum absolute atomic E-state index is 11.3. The van der Waals surface area contributed by atoms with Crippen LogP contribution in [0.3, 0.4) is 0 Å². The second-order valence-electron chi connectivity index (χ2n) is 3.07. The van der Waals surface area contributed by atoms with E-state index in [4.69, 9.17) is 14.7 Å². The van der Waals surface area contributed by atoms with Gasteiger partial charge in [0.2, 0.25) is 0 Å². The molecule has 0 saturated heterocycles. The number of rotatable bonds is 5. The second kappa shape index (κ2) is 5.97. The van der Waals surface area contributed by atoms with Gasteiger partial charge in [-0.15, -0.1) is 0 Å². The van der Waals surface area contributed by atoms with Crippen molar-refractivity contribution in [3.63, 3.8) is 0 Å². The summed E-state index contributed by atoms with van der Waals surface area (Å²) in [4.78, 5) is 15.3. The van der Waals surface area contributed by atoms with E-state index in [-0.39, 0.29) is 0 Å². The highest BCUT2D eigenvalue weighted by molar-refractivity contribution is 5.74. The minimum absolute atomic E-state index is 0.302. The first-order chi connectivity index (χ1) is 7.67. The highest BCUT2D eigenvalue weighted by atomic mass is 17.1. The number of esters is 1. The lowest BCUT2D eigenvalue weighted by molar-refractivity contribution is -0.150. The molecule has 0 heterocycles. The van der Waals surface area contributed by atoms with Gasteiger partial charge in [-0.2, -0.15) is 0 Å². The molecule has 1 aromatic rings. The Balaban J connectivity index is 2.55. The zero-order valence-electron chi connectivity index (χ0n) is 9.17. The average molecular weight is 226 g/mol. The quantitative estimate of drug-likeness (QED) is 0.471. The molecule has 16 heavy (non-hydrogen) atoms. The van der Waals surface area contributed by atoms with Gasteiger partial charge in [-0.3, -0.25) is 0 Å². The van der Waals surface area contributed by atoms with Crippen LogP contribution in [0, 0.1) is 0 Å². The summed E-state index contributed by atoms with van der Waals surface area (Å²) in [6.07, 6.45) is -0.666. The van der Waals surface area contributed by atoms with Crippen molar-refractivity contribution < 1.29 is 24.4 Å². The molecule has 0 radical (unpaired) electrons. The van der Waals surface area contributed by atoms with Crippen LogP contribution in [0.2, 0.25) is 0 Å². The predicted molar refractivity (Wildman–Crippen MR) is 56.4 cm³/mol. The summed E-state index contributed by atoms with van der Waals surface area (Å²) in [5.41, 5.74) is 0. The van der Waals surface area contributed by atoms with E-state index in [9.17, 15) is 4.79 Å². The van der Waals surface area contributed by atoms with Gasteiger partial charge in [0.1, 0.15) is 5.75 Å². The van der Waals surface area contributed by atoms with Gasteiger partial charge in [0.15, 0.2) is 11.9 Å². The topological polar surface area (TPSA) is 65.0 Å². The van der Waals surface area contributed by atoms with Crippen LogP contribution in [0.25, 0.3) is 0 Å². The first-order valence-electron chi connectivity index (χ1n) is 4.92. The van der Waals surface area contributed by atoms with Gasteiger partial charge in [0, 0.05) is 0 Å². The fourth-order valence-corrected chi connectivity index (χ4v) is 1.09. The average Bonchev–Trinajstić information content (AvgIpc) is 2.30. The van der Waals surface area contributed by atoms with E-state index >= 15 is 0 Å². The maximum Gasteiger partial charge on any atom is 0.347 e. The van der Waals surface area contributed by atoms with Gasteiger partial charge in [0.25, 0.3) is 0 Å². The Morgan fingerprint density at radius 3 is 2.38 bits per heavy atom. The van der Waals surface area contributed by atoms with E-state index in [1.54, 1.807) is 26.0 Å². The Labute approximate surface area is 93.5 Å². The Morgan fingerprint density at radius 1 is 1.31 bits per heavy atom. The lowest BCUT2D eigenvalue weighted by atomic mass is 10.3. The van der Waals surface area contributed by atoms with Crippen LogP contribution in [-0.2, 0) is 9.53 Å². The molecule has 0 aliphatic heterocycles. The molecule has 0 bridgehead atoms. The van der Waals surface area contributed by atoms with Gasteiger partial charge in [-0.25, -0.2) is 10.1 Å². The smallest absolute Gasteiger partial charge is 0.347 e. The Kier molecular flexibility index (Phi) is 4.60. The number of carbonyl (C=O) groups is 1. The Morgan fingerprint density at radius 2 is 1.88 bits per heavy atom. The summed E-state index contributed by atoms with van der Waals surface area (Å²) in [5.74, 6) is 0.391. The largest absolute Gasteiger partial charge is 0.479 e. The van der Waals surface area contributed by atoms with Crippen molar-refractivity contribution >= 4 is 5.97 Å². The third kappa shape index (κ3) is 3.43. The first kappa shape index (κ1) is 12.3. The first-order valence-corrected chi connectivity index (χ1v) is 4.92. The zero-order chi connectivity index (χ0) is 12.0. The molecule has 5 nitrogen and oxygen atoms in total. The number of hydrogen-bond donors (Lipinski definition) is 1. The standard InChI is InChI=1S/C11H14O5/c1-3-14-11(12)8(2)15-9-4-6-10(16-13)7-5-9/h4-8,13H,3H2,1-2H3. The van der Waals surface area contributed by atoms with Crippen molar-refractivity contribution in [2.45, 2.75) is 20.0 Å². The van der Waals surface area contributed by atoms with Crippen LogP contribution in [-0.4, -0.2) is 23.9 Å². The SMILES string of the molecule is CCOC(=O)C(C)Oc1ccc(OO)cc1. The molecule has 0 aliphatic rings. The van der Waals surface area contributed by atoms with Crippen molar-refractivity contribution in [3.05, 3.63) is 24.3 Å². The number of benzene rings is 1. The molecule has 0 aliphatic carbocycles. The van der Waals surface area contributed by atoms with Crippen molar-refractivity contribution in [1.29, 1.82) is 0 Å². The Bertz CT molecular complexity index is 333. The minimum Gasteiger partial charge on any atom is -0.479 e. The van der Waals surface area contributed by atoms with E-state index in [1.165, 1.54) is 12.1 Å². The summed E-state index contributed by atoms with van der Waals surface area (Å²) < 4.78 is 10.1. The Hall–Kier alpha value is -1.75. The number of carbonyl (C=O) groups excluding carboxylic acids is 1. The third-order valence-corrected chi connectivity index (χ3v) is 1.86. The second-order valence-corrected chi connectivity index (χ2v) is 3.07. The van der Waals surface area contributed by atoms with E-state index in [1.807, 2.05) is 0 Å². The van der Waals surface area contributed by atoms with Crippen LogP contribution in [0.1, 0.15) is 13.8 Å². The summed E-state index contributed by atoms with van der Waals surface area (Å²) in [6.45, 7) is 3.66. The predicted octanol–water partition coefficient (Wildman–Crippen LogP) is 1.87. The van der Waals surface area contributed by atoms with Crippen molar-refractivity contribution in [2.24, 2.45) is 0 Å². The molecule has 0 aromatic heterocycles. The molecule has 0 amide bonds. The van der Waals surface area contributed by atoms with Crippen molar-refractivity contribution in [2.75, 3.05) is 6.61 Å². The molecule has 1 aromatic carbocycles. The maximum atomic E-state index is 11.3. The molecule has 0 spiro atoms. The number of hydrogen-bond acceptors (Lipinski definition) is 5. The van der Waals surface area contributed by atoms with Gasteiger partial charge < -0.3 is 14.4 Å². The van der Waals surface area contributed by atoms with Gasteiger partial charge in [0.05, 0.1) is 6.61 Å². The molecule has 1 unspecified atom stereocenters. The molecule has 1 N–H and O–H groups in total. The normalized spacial score (nSPS) is 11.7. The van der Waals surface area contributed by atoms with Crippen LogP contribution in [0.4, 0.5) is 0 Å². The highest BCUT2D eigenvalue weighted by Crippen LogP contribution is 2.18. The lowest BCUT2D eigenvalue weighted by Crippen LogP contribution is -2.25. The third-order valence-electron chi connectivity index (χ3n) is 1.86. The molecular formula is C11H14O5. The fourth-order valence-electron chi connectivity index (χ4n) is 1.09.